The van der Waals surface area contributed by atoms with Crippen LogP contribution in [0.1, 0.15) is 42.9 Å². The lowest BCUT2D eigenvalue weighted by atomic mass is 9.87. The van der Waals surface area contributed by atoms with Crippen LogP contribution < -0.4 is 4.72 Å². The van der Waals surface area contributed by atoms with E-state index in [0.29, 0.717) is 17.5 Å². The zero-order chi connectivity index (χ0) is 22.1. The van der Waals surface area contributed by atoms with Gasteiger partial charge in [0.15, 0.2) is 0 Å². The van der Waals surface area contributed by atoms with Crippen LogP contribution in [0.4, 0.5) is 5.69 Å². The van der Waals surface area contributed by atoms with E-state index in [9.17, 15) is 13.5 Å². The van der Waals surface area contributed by atoms with Gasteiger partial charge >= 0.3 is 0 Å². The zero-order valence-corrected chi connectivity index (χ0v) is 19.4. The standard InChI is InChI=1S/C26H32N2O3S/c1-2-26(20-8-5-9-21(12-20)27-32(30,31)22-10-11-22)23-15-28(16-24(23)26)17-25(29)13-18-6-3-4-7-19(18)14-25/h3-9,12,22-24,27,29H,2,10-11,13-17H2,1H3/t23-,24+,26?. The number of sulfonamides is 1. The number of β-amino-alcohol motifs (C(OH)–C–C–N with tert-alkyl or cyclic N) is 1. The molecule has 3 atom stereocenters. The average molecular weight is 453 g/mol. The molecule has 0 aromatic heterocycles. The molecule has 6 rings (SSSR count). The minimum Gasteiger partial charge on any atom is -0.388 e. The molecule has 170 valence electrons. The molecular weight excluding hydrogens is 420 g/mol. The molecule has 2 aromatic carbocycles. The molecule has 2 aromatic rings. The lowest BCUT2D eigenvalue weighted by Gasteiger charge is -2.32. The molecule has 32 heavy (non-hydrogen) atoms. The Morgan fingerprint density at radius 1 is 1.03 bits per heavy atom. The van der Waals surface area contributed by atoms with Crippen LogP contribution in [0.2, 0.25) is 0 Å². The van der Waals surface area contributed by atoms with E-state index in [1.165, 1.54) is 16.7 Å². The van der Waals surface area contributed by atoms with E-state index in [-0.39, 0.29) is 10.7 Å². The van der Waals surface area contributed by atoms with Gasteiger partial charge in [-0.3, -0.25) is 9.62 Å². The van der Waals surface area contributed by atoms with Crippen molar-refractivity contribution in [2.45, 2.75) is 55.3 Å². The van der Waals surface area contributed by atoms with E-state index < -0.39 is 15.6 Å². The fourth-order valence-electron chi connectivity index (χ4n) is 6.80. The minimum absolute atomic E-state index is 0.138. The first-order valence-electron chi connectivity index (χ1n) is 12.0. The predicted octanol–water partition coefficient (Wildman–Crippen LogP) is 3.33. The number of benzene rings is 2. The summed E-state index contributed by atoms with van der Waals surface area (Å²) in [6, 6.07) is 16.5. The molecule has 0 amide bonds. The van der Waals surface area contributed by atoms with Crippen molar-refractivity contribution in [1.82, 2.24) is 4.90 Å². The molecule has 1 aliphatic heterocycles. The maximum atomic E-state index is 12.4. The maximum Gasteiger partial charge on any atom is 0.235 e. The molecule has 2 N–H and O–H groups in total. The summed E-state index contributed by atoms with van der Waals surface area (Å²) in [5.41, 5.74) is 4.01. The Labute approximate surface area is 190 Å². The molecule has 1 unspecified atom stereocenters. The Morgan fingerprint density at radius 3 is 2.28 bits per heavy atom. The number of aliphatic hydroxyl groups is 1. The number of fused-ring (bicyclic) bond motifs is 2. The van der Waals surface area contributed by atoms with Gasteiger partial charge in [0.25, 0.3) is 0 Å². The number of piperidine rings is 1. The third-order valence-corrected chi connectivity index (χ3v) is 10.4. The lowest BCUT2D eigenvalue weighted by Crippen LogP contribution is -2.45. The number of anilines is 1. The average Bonchev–Trinajstić information content (AvgIpc) is 3.63. The molecule has 5 nitrogen and oxygen atoms in total. The van der Waals surface area contributed by atoms with E-state index in [2.05, 4.69) is 52.9 Å². The Morgan fingerprint density at radius 2 is 1.69 bits per heavy atom. The van der Waals surface area contributed by atoms with Crippen LogP contribution in [0.5, 0.6) is 0 Å². The van der Waals surface area contributed by atoms with Crippen molar-refractivity contribution in [2.75, 3.05) is 24.4 Å². The Bertz CT molecular complexity index is 1120. The number of likely N-dealkylation sites (tertiary alicyclic amines) is 1. The number of hydrogen-bond acceptors (Lipinski definition) is 4. The highest BCUT2D eigenvalue weighted by atomic mass is 32.2. The summed E-state index contributed by atoms with van der Waals surface area (Å²) < 4.78 is 27.6. The number of nitrogens with zero attached hydrogens (tertiary/aromatic N) is 1. The smallest absolute Gasteiger partial charge is 0.235 e. The van der Waals surface area contributed by atoms with Gasteiger partial charge in [-0.15, -0.1) is 0 Å². The van der Waals surface area contributed by atoms with Crippen molar-refractivity contribution in [1.29, 1.82) is 0 Å². The zero-order valence-electron chi connectivity index (χ0n) is 18.6. The third kappa shape index (κ3) is 3.30. The molecule has 3 aliphatic carbocycles. The highest BCUT2D eigenvalue weighted by molar-refractivity contribution is 7.93. The van der Waals surface area contributed by atoms with Crippen LogP contribution in [0.25, 0.3) is 0 Å². The van der Waals surface area contributed by atoms with Crippen molar-refractivity contribution in [3.05, 3.63) is 65.2 Å². The van der Waals surface area contributed by atoms with Gasteiger partial charge < -0.3 is 5.11 Å². The van der Waals surface area contributed by atoms with Crippen LogP contribution in [0.3, 0.4) is 0 Å². The van der Waals surface area contributed by atoms with Crippen LogP contribution in [-0.2, 0) is 28.3 Å². The first kappa shape index (κ1) is 20.7. The van der Waals surface area contributed by atoms with Crippen molar-refractivity contribution in [3.63, 3.8) is 0 Å². The summed E-state index contributed by atoms with van der Waals surface area (Å²) in [6.45, 7) is 5.00. The molecule has 0 radical (unpaired) electrons. The molecule has 3 fully saturated rings. The van der Waals surface area contributed by atoms with Gasteiger partial charge in [-0.1, -0.05) is 43.3 Å². The Hall–Kier alpha value is -1.89. The van der Waals surface area contributed by atoms with E-state index >= 15 is 0 Å². The molecule has 6 heteroatoms. The van der Waals surface area contributed by atoms with Crippen molar-refractivity contribution >= 4 is 15.7 Å². The fourth-order valence-corrected chi connectivity index (χ4v) is 8.18. The van der Waals surface area contributed by atoms with E-state index in [1.54, 1.807) is 0 Å². The SMILES string of the molecule is CCC1(c2cccc(NS(=O)(=O)C3CC3)c2)[C@@H]2CN(CC3(O)Cc4ccccc4C3)C[C@@H]21. The Balaban J connectivity index is 1.14. The van der Waals surface area contributed by atoms with E-state index in [1.807, 2.05) is 12.1 Å². The van der Waals surface area contributed by atoms with Gasteiger partial charge in [0.1, 0.15) is 0 Å². The summed E-state index contributed by atoms with van der Waals surface area (Å²) in [5.74, 6) is 1.16. The largest absolute Gasteiger partial charge is 0.388 e. The molecule has 4 aliphatic rings. The normalized spacial score (nSPS) is 30.7. The van der Waals surface area contributed by atoms with E-state index in [0.717, 1.165) is 51.7 Å². The van der Waals surface area contributed by atoms with Gasteiger partial charge in [0.2, 0.25) is 10.0 Å². The maximum absolute atomic E-state index is 12.4. The second-order valence-corrected chi connectivity index (χ2v) is 12.5. The summed E-state index contributed by atoms with van der Waals surface area (Å²) in [4.78, 5) is 2.45. The minimum atomic E-state index is -3.25. The Kier molecular flexibility index (Phi) is 4.56. The highest BCUT2D eigenvalue weighted by Gasteiger charge is 2.67. The van der Waals surface area contributed by atoms with Crippen molar-refractivity contribution in [3.8, 4) is 0 Å². The first-order valence-corrected chi connectivity index (χ1v) is 13.5. The predicted molar refractivity (Wildman–Crippen MR) is 126 cm³/mol. The third-order valence-electron chi connectivity index (χ3n) is 8.49. The van der Waals surface area contributed by atoms with Crippen molar-refractivity contribution in [2.24, 2.45) is 11.8 Å². The molecule has 1 saturated heterocycles. The number of hydrogen-bond donors (Lipinski definition) is 2. The van der Waals surface area contributed by atoms with E-state index in [4.69, 9.17) is 0 Å². The molecule has 0 bridgehead atoms. The number of rotatable bonds is 7. The first-order chi connectivity index (χ1) is 15.3. The summed E-state index contributed by atoms with van der Waals surface area (Å²) in [5, 5.41) is 11.1. The molecular formula is C26H32N2O3S. The molecule has 1 heterocycles. The number of nitrogens with one attached hydrogen (secondary N) is 1. The lowest BCUT2D eigenvalue weighted by molar-refractivity contribution is 0.0139. The summed E-state index contributed by atoms with van der Waals surface area (Å²) in [6.07, 6.45) is 4.09. The van der Waals surface area contributed by atoms with Crippen LogP contribution >= 0.6 is 0 Å². The second kappa shape index (κ2) is 7.05. The second-order valence-electron chi connectivity index (χ2n) is 10.6. The monoisotopic (exact) mass is 452 g/mol. The topological polar surface area (TPSA) is 69.6 Å². The van der Waals surface area contributed by atoms with Crippen LogP contribution in [0, 0.1) is 11.8 Å². The van der Waals surface area contributed by atoms with Gasteiger partial charge in [-0.25, -0.2) is 8.42 Å². The van der Waals surface area contributed by atoms with Gasteiger partial charge in [0, 0.05) is 43.6 Å². The molecule has 2 saturated carbocycles. The van der Waals surface area contributed by atoms with Gasteiger partial charge in [0.05, 0.1) is 10.9 Å². The summed E-state index contributed by atoms with van der Waals surface area (Å²) in [7, 11) is -3.25. The van der Waals surface area contributed by atoms with Gasteiger partial charge in [-0.2, -0.15) is 0 Å². The van der Waals surface area contributed by atoms with Crippen LogP contribution in [-0.4, -0.2) is 48.9 Å². The van der Waals surface area contributed by atoms with Crippen LogP contribution in [0.15, 0.2) is 48.5 Å². The summed E-state index contributed by atoms with van der Waals surface area (Å²) >= 11 is 0. The quantitative estimate of drug-likeness (QED) is 0.676. The molecule has 0 spiro atoms. The highest BCUT2D eigenvalue weighted by Crippen LogP contribution is 2.65. The fraction of sp³-hybridized carbons (Fsp3) is 0.538. The van der Waals surface area contributed by atoms with Gasteiger partial charge in [-0.05, 0) is 59.9 Å². The van der Waals surface area contributed by atoms with Crippen molar-refractivity contribution < 1.29 is 13.5 Å².